The zero-order valence-corrected chi connectivity index (χ0v) is 20.4. The van der Waals surface area contributed by atoms with Crippen LogP contribution in [-0.4, -0.2) is 65.5 Å². The van der Waals surface area contributed by atoms with Gasteiger partial charge in [-0.05, 0) is 38.8 Å². The van der Waals surface area contributed by atoms with Crippen molar-refractivity contribution in [3.8, 4) is 0 Å². The van der Waals surface area contributed by atoms with E-state index < -0.39 is 30.4 Å². The number of imide groups is 1. The van der Waals surface area contributed by atoms with Crippen molar-refractivity contribution in [1.29, 1.82) is 0 Å². The zero-order chi connectivity index (χ0) is 24.4. The topological polar surface area (TPSA) is 100 Å². The van der Waals surface area contributed by atoms with Crippen LogP contribution in [0.3, 0.4) is 0 Å². The molecule has 0 aromatic rings. The van der Waals surface area contributed by atoms with E-state index in [4.69, 9.17) is 21.1 Å². The lowest BCUT2D eigenvalue weighted by Crippen LogP contribution is -2.71. The van der Waals surface area contributed by atoms with Crippen LogP contribution in [0.1, 0.15) is 40.0 Å². The van der Waals surface area contributed by atoms with Gasteiger partial charge in [0.05, 0.1) is 18.8 Å². The summed E-state index contributed by atoms with van der Waals surface area (Å²) in [5, 5.41) is 6.88. The summed E-state index contributed by atoms with van der Waals surface area (Å²) in [6.45, 7) is 6.50. The SMILES string of the molecule is CC(C)OC1C=CC(NC2NC(=O)N([C@H]3CCOC3=O)C(=O)N2CC2=CC=C(Cl)CC2)=CC1C. The van der Waals surface area contributed by atoms with Crippen LogP contribution in [0.2, 0.25) is 0 Å². The lowest BCUT2D eigenvalue weighted by atomic mass is 9.97. The van der Waals surface area contributed by atoms with Gasteiger partial charge in [0, 0.05) is 29.6 Å². The molecule has 0 radical (unpaired) electrons. The summed E-state index contributed by atoms with van der Waals surface area (Å²) >= 11 is 6.09. The Morgan fingerprint density at radius 1 is 1.26 bits per heavy atom. The Hall–Kier alpha value is -2.78. The second kappa shape index (κ2) is 10.2. The summed E-state index contributed by atoms with van der Waals surface area (Å²) in [4.78, 5) is 41.1. The fraction of sp³-hybridized carbons (Fsp3) is 0.542. The lowest BCUT2D eigenvalue weighted by molar-refractivity contribution is -0.141. The van der Waals surface area contributed by atoms with Gasteiger partial charge in [-0.2, -0.15) is 0 Å². The number of hydrogen-bond acceptors (Lipinski definition) is 6. The number of cyclic esters (lactones) is 1. The van der Waals surface area contributed by atoms with E-state index >= 15 is 0 Å². The zero-order valence-electron chi connectivity index (χ0n) is 19.6. The Morgan fingerprint density at radius 2 is 2.06 bits per heavy atom. The molecule has 4 atom stereocenters. The molecule has 10 heteroatoms. The van der Waals surface area contributed by atoms with E-state index in [1.54, 1.807) is 0 Å². The smallest absolute Gasteiger partial charge is 0.332 e. The summed E-state index contributed by atoms with van der Waals surface area (Å²) in [5.74, 6) is -0.458. The van der Waals surface area contributed by atoms with Crippen molar-refractivity contribution < 1.29 is 23.9 Å². The Morgan fingerprint density at radius 3 is 2.68 bits per heavy atom. The average Bonchev–Trinajstić information content (AvgIpc) is 3.19. The molecule has 2 N–H and O–H groups in total. The predicted molar refractivity (Wildman–Crippen MR) is 126 cm³/mol. The van der Waals surface area contributed by atoms with Crippen LogP contribution in [0.25, 0.3) is 0 Å². The summed E-state index contributed by atoms with van der Waals surface area (Å²) in [6, 6.07) is -2.09. The van der Waals surface area contributed by atoms with Crippen molar-refractivity contribution in [2.45, 2.75) is 64.6 Å². The number of hydrogen-bond donors (Lipinski definition) is 2. The third-order valence-electron chi connectivity index (χ3n) is 6.18. The van der Waals surface area contributed by atoms with Crippen molar-refractivity contribution in [2.24, 2.45) is 5.92 Å². The number of amides is 4. The molecule has 2 fully saturated rings. The molecule has 4 rings (SSSR count). The molecule has 0 spiro atoms. The summed E-state index contributed by atoms with van der Waals surface area (Å²) in [5.41, 5.74) is 1.77. The van der Waals surface area contributed by atoms with E-state index in [0.717, 1.165) is 21.2 Å². The van der Waals surface area contributed by atoms with Gasteiger partial charge in [-0.15, -0.1) is 0 Å². The Balaban J connectivity index is 1.55. The molecule has 34 heavy (non-hydrogen) atoms. The number of rotatable bonds is 7. The molecule has 2 aliphatic heterocycles. The van der Waals surface area contributed by atoms with Crippen LogP contribution in [0, 0.1) is 5.92 Å². The number of carbonyl (C=O) groups excluding carboxylic acids is 3. The van der Waals surface area contributed by atoms with Crippen LogP contribution >= 0.6 is 11.6 Å². The third-order valence-corrected chi connectivity index (χ3v) is 6.49. The summed E-state index contributed by atoms with van der Waals surface area (Å²) in [7, 11) is 0. The molecule has 4 aliphatic rings. The van der Waals surface area contributed by atoms with Gasteiger partial charge < -0.3 is 14.8 Å². The molecule has 3 unspecified atom stereocenters. The second-order valence-corrected chi connectivity index (χ2v) is 9.66. The number of carbonyl (C=O) groups is 3. The van der Waals surface area contributed by atoms with Crippen LogP contribution in [0.15, 0.2) is 46.7 Å². The minimum absolute atomic E-state index is 0.0444. The maximum atomic E-state index is 13.5. The summed E-state index contributed by atoms with van der Waals surface area (Å²) in [6.07, 6.45) is 10.6. The number of ether oxygens (including phenoxy) is 2. The normalized spacial score (nSPS) is 29.6. The van der Waals surface area contributed by atoms with Gasteiger partial charge in [0.15, 0.2) is 6.29 Å². The Bertz CT molecular complexity index is 972. The van der Waals surface area contributed by atoms with Crippen molar-refractivity contribution in [3.63, 3.8) is 0 Å². The first kappa shape index (κ1) is 24.3. The molecule has 184 valence electrons. The molecule has 2 saturated heterocycles. The van der Waals surface area contributed by atoms with Gasteiger partial charge in [0.1, 0.15) is 6.04 Å². The number of urea groups is 2. The van der Waals surface area contributed by atoms with E-state index in [2.05, 4.69) is 17.6 Å². The van der Waals surface area contributed by atoms with Gasteiger partial charge >= 0.3 is 18.0 Å². The molecule has 0 bridgehead atoms. The first-order valence-corrected chi connectivity index (χ1v) is 12.0. The molecule has 0 saturated carbocycles. The minimum atomic E-state index is -0.923. The van der Waals surface area contributed by atoms with Crippen molar-refractivity contribution in [1.82, 2.24) is 20.4 Å². The largest absolute Gasteiger partial charge is 0.464 e. The number of halogens is 1. The van der Waals surface area contributed by atoms with E-state index in [-0.39, 0.29) is 37.7 Å². The van der Waals surface area contributed by atoms with Gasteiger partial charge in [-0.25, -0.2) is 19.3 Å². The average molecular weight is 491 g/mol. The molecule has 0 aromatic heterocycles. The molecule has 2 heterocycles. The molecule has 2 aliphatic carbocycles. The lowest BCUT2D eigenvalue weighted by Gasteiger charge is -2.43. The first-order valence-electron chi connectivity index (χ1n) is 11.7. The fourth-order valence-corrected chi connectivity index (χ4v) is 4.58. The highest BCUT2D eigenvalue weighted by molar-refractivity contribution is 6.29. The van der Waals surface area contributed by atoms with Gasteiger partial charge in [0.25, 0.3) is 0 Å². The van der Waals surface area contributed by atoms with Crippen LogP contribution in [-0.2, 0) is 14.3 Å². The van der Waals surface area contributed by atoms with Crippen LogP contribution in [0.4, 0.5) is 9.59 Å². The molecular formula is C24H31ClN4O5. The van der Waals surface area contributed by atoms with Gasteiger partial charge in [-0.3, -0.25) is 10.2 Å². The highest BCUT2D eigenvalue weighted by atomic mass is 35.5. The number of allylic oxidation sites excluding steroid dienone is 4. The Kier molecular flexibility index (Phi) is 7.33. The van der Waals surface area contributed by atoms with E-state index in [0.29, 0.717) is 12.8 Å². The van der Waals surface area contributed by atoms with Crippen molar-refractivity contribution >= 4 is 29.6 Å². The number of nitrogens with one attached hydrogen (secondary N) is 2. The first-order chi connectivity index (χ1) is 16.2. The Labute approximate surface area is 204 Å². The van der Waals surface area contributed by atoms with Gasteiger partial charge in [0.2, 0.25) is 0 Å². The maximum absolute atomic E-state index is 13.5. The van der Waals surface area contributed by atoms with Crippen molar-refractivity contribution in [2.75, 3.05) is 13.2 Å². The third kappa shape index (κ3) is 5.31. The molecule has 4 amide bonds. The predicted octanol–water partition coefficient (Wildman–Crippen LogP) is 3.35. The maximum Gasteiger partial charge on any atom is 0.332 e. The highest BCUT2D eigenvalue weighted by Gasteiger charge is 2.47. The quantitative estimate of drug-likeness (QED) is 0.531. The van der Waals surface area contributed by atoms with E-state index in [1.807, 2.05) is 44.2 Å². The molecule has 0 aromatic carbocycles. The molecular weight excluding hydrogens is 460 g/mol. The monoisotopic (exact) mass is 490 g/mol. The number of esters is 1. The van der Waals surface area contributed by atoms with Crippen LogP contribution in [0.5, 0.6) is 0 Å². The van der Waals surface area contributed by atoms with E-state index in [1.165, 1.54) is 4.90 Å². The van der Waals surface area contributed by atoms with Gasteiger partial charge in [-0.1, -0.05) is 42.3 Å². The van der Waals surface area contributed by atoms with Crippen LogP contribution < -0.4 is 10.6 Å². The fourth-order valence-electron chi connectivity index (χ4n) is 4.42. The second-order valence-electron chi connectivity index (χ2n) is 9.18. The molecule has 9 nitrogen and oxygen atoms in total. The summed E-state index contributed by atoms with van der Waals surface area (Å²) < 4.78 is 10.9. The highest BCUT2D eigenvalue weighted by Crippen LogP contribution is 2.26. The standard InChI is InChI=1S/C24H31ClN4O5/c1-14(2)34-20-9-8-18(12-15(20)3)26-22-27-23(31)29(19-10-11-33-21(19)30)24(32)28(22)13-16-4-6-17(25)7-5-16/h4,6,8-9,12,14-15,19-20,22,26H,5,7,10-11,13H2,1-3H3,(H,27,31)/t15?,19-,20?,22?/m0/s1. The van der Waals surface area contributed by atoms with Crippen molar-refractivity contribution in [3.05, 3.63) is 46.7 Å². The van der Waals surface area contributed by atoms with E-state index in [9.17, 15) is 14.4 Å². The minimum Gasteiger partial charge on any atom is -0.464 e. The number of nitrogens with zero attached hydrogens (tertiary/aromatic N) is 2.